The summed E-state index contributed by atoms with van der Waals surface area (Å²) in [6.07, 6.45) is 2.08. The topological polar surface area (TPSA) is 92.3 Å². The van der Waals surface area contributed by atoms with Crippen molar-refractivity contribution in [3.8, 4) is 17.2 Å². The molecule has 0 unspecified atom stereocenters. The Bertz CT molecular complexity index is 954. The van der Waals surface area contributed by atoms with Crippen molar-refractivity contribution in [3.05, 3.63) is 47.5 Å². The summed E-state index contributed by atoms with van der Waals surface area (Å²) in [7, 11) is -2.08. The summed E-state index contributed by atoms with van der Waals surface area (Å²) < 4.78 is 53.8. The van der Waals surface area contributed by atoms with Crippen LogP contribution in [0.2, 0.25) is 0 Å². The highest BCUT2D eigenvalue weighted by molar-refractivity contribution is 7.89. The molecule has 2 aromatic carbocycles. The van der Waals surface area contributed by atoms with Crippen LogP contribution in [-0.4, -0.2) is 41.8 Å². The van der Waals surface area contributed by atoms with Gasteiger partial charge in [-0.15, -0.1) is 0 Å². The van der Waals surface area contributed by atoms with Gasteiger partial charge in [-0.25, -0.2) is 13.1 Å². The number of hydrogen-bond donors (Lipinski definition) is 1. The number of aryl methyl sites for hydroxylation is 1. The van der Waals surface area contributed by atoms with Crippen LogP contribution in [0, 0.1) is 6.92 Å². The Morgan fingerprint density at radius 2 is 1.64 bits per heavy atom. The molecule has 0 atom stereocenters. The first kappa shape index (κ1) is 26.9. The molecule has 0 aromatic heterocycles. The van der Waals surface area contributed by atoms with E-state index in [4.69, 9.17) is 23.7 Å². The van der Waals surface area contributed by atoms with Crippen molar-refractivity contribution in [3.63, 3.8) is 0 Å². The number of methoxy groups -OCH3 is 1. The molecule has 0 bridgehead atoms. The average molecular weight is 482 g/mol. The predicted octanol–water partition coefficient (Wildman–Crippen LogP) is 4.40. The number of benzene rings is 2. The van der Waals surface area contributed by atoms with Crippen LogP contribution >= 0.6 is 0 Å². The first-order valence-electron chi connectivity index (χ1n) is 11.1. The maximum absolute atomic E-state index is 12.3. The highest BCUT2D eigenvalue weighted by Crippen LogP contribution is 2.43. The van der Waals surface area contributed by atoms with Crippen LogP contribution < -0.4 is 18.9 Å². The van der Waals surface area contributed by atoms with E-state index < -0.39 is 10.0 Å². The van der Waals surface area contributed by atoms with Gasteiger partial charge >= 0.3 is 0 Å². The zero-order valence-electron chi connectivity index (χ0n) is 20.1. The molecule has 1 N–H and O–H groups in total. The van der Waals surface area contributed by atoms with Crippen molar-refractivity contribution >= 4 is 10.0 Å². The second kappa shape index (κ2) is 13.4. The zero-order chi connectivity index (χ0) is 24.3. The van der Waals surface area contributed by atoms with Gasteiger partial charge in [0.15, 0.2) is 17.8 Å². The molecular weight excluding hydrogens is 446 g/mol. The van der Waals surface area contributed by atoms with Gasteiger partial charge in [0.05, 0.1) is 12.0 Å². The van der Waals surface area contributed by atoms with E-state index in [2.05, 4.69) is 18.6 Å². The monoisotopic (exact) mass is 481 g/mol. The highest BCUT2D eigenvalue weighted by Gasteiger charge is 2.23. The number of nitrogens with one attached hydrogen (secondary N) is 1. The molecule has 0 radical (unpaired) electrons. The number of ether oxygens (including phenoxy) is 5. The molecule has 8 nitrogen and oxygen atoms in total. The van der Waals surface area contributed by atoms with Gasteiger partial charge in [-0.05, 0) is 44.9 Å². The van der Waals surface area contributed by atoms with Crippen molar-refractivity contribution in [2.45, 2.75) is 58.3 Å². The van der Waals surface area contributed by atoms with Gasteiger partial charge in [0.2, 0.25) is 22.6 Å². The molecule has 1 aliphatic heterocycles. The lowest BCUT2D eigenvalue weighted by Crippen LogP contribution is -2.23. The molecule has 0 saturated carbocycles. The molecule has 3 rings (SSSR count). The molecule has 1 aliphatic rings. The Morgan fingerprint density at radius 3 is 2.21 bits per heavy atom. The number of rotatable bonds is 11. The first-order valence-corrected chi connectivity index (χ1v) is 12.6. The molecule has 33 heavy (non-hydrogen) atoms. The Morgan fingerprint density at radius 1 is 1.00 bits per heavy atom. The molecule has 0 fully saturated rings. The Labute approximate surface area is 197 Å². The van der Waals surface area contributed by atoms with Gasteiger partial charge in [-0.3, -0.25) is 0 Å². The van der Waals surface area contributed by atoms with E-state index >= 15 is 0 Å². The minimum Gasteiger partial charge on any atom is -0.492 e. The van der Waals surface area contributed by atoms with E-state index in [1.807, 2.05) is 13.8 Å². The summed E-state index contributed by atoms with van der Waals surface area (Å²) in [5, 5.41) is 0. The van der Waals surface area contributed by atoms with Crippen LogP contribution in [-0.2, 0) is 26.0 Å². The predicted molar refractivity (Wildman–Crippen MR) is 126 cm³/mol. The summed E-state index contributed by atoms with van der Waals surface area (Å²) in [5.41, 5.74) is 1.67. The minimum absolute atomic E-state index is 0.0279. The maximum Gasteiger partial charge on any atom is 0.240 e. The second-order valence-electron chi connectivity index (χ2n) is 7.44. The molecule has 0 aliphatic carbocycles. The largest absolute Gasteiger partial charge is 0.492 e. The van der Waals surface area contributed by atoms with Gasteiger partial charge in [-0.1, -0.05) is 37.6 Å². The third kappa shape index (κ3) is 8.19. The lowest BCUT2D eigenvalue weighted by molar-refractivity contribution is -0.130. The van der Waals surface area contributed by atoms with E-state index in [1.165, 1.54) is 7.11 Å². The normalized spacial score (nSPS) is 12.4. The van der Waals surface area contributed by atoms with Gasteiger partial charge < -0.3 is 23.7 Å². The number of sulfonamides is 1. The number of fused-ring (bicyclic) bond motifs is 1. The Kier molecular flexibility index (Phi) is 10.9. The van der Waals surface area contributed by atoms with Crippen molar-refractivity contribution in [2.75, 3.05) is 27.1 Å². The Hall–Kier alpha value is -2.33. The first-order chi connectivity index (χ1) is 15.8. The quantitative estimate of drug-likeness (QED) is 0.476. The van der Waals surface area contributed by atoms with Crippen LogP contribution in [0.5, 0.6) is 17.2 Å². The third-order valence-electron chi connectivity index (χ3n) is 4.68. The van der Waals surface area contributed by atoms with E-state index in [0.717, 1.165) is 31.6 Å². The van der Waals surface area contributed by atoms with Crippen LogP contribution in [0.1, 0.15) is 44.7 Å². The minimum atomic E-state index is -3.59. The van der Waals surface area contributed by atoms with E-state index in [-0.39, 0.29) is 24.5 Å². The molecule has 0 spiro atoms. The van der Waals surface area contributed by atoms with E-state index in [0.29, 0.717) is 22.8 Å². The van der Waals surface area contributed by atoms with E-state index in [9.17, 15) is 8.42 Å². The molecule has 0 saturated heterocycles. The molecule has 2 aromatic rings. The van der Waals surface area contributed by atoms with Crippen LogP contribution in [0.15, 0.2) is 41.3 Å². The van der Waals surface area contributed by atoms with Gasteiger partial charge in [0.1, 0.15) is 0 Å². The summed E-state index contributed by atoms with van der Waals surface area (Å²) in [6, 6.07) is 10.2. The fourth-order valence-corrected chi connectivity index (χ4v) is 3.95. The van der Waals surface area contributed by atoms with Crippen LogP contribution in [0.25, 0.3) is 0 Å². The van der Waals surface area contributed by atoms with Crippen molar-refractivity contribution < 1.29 is 32.1 Å². The van der Waals surface area contributed by atoms with Crippen LogP contribution in [0.4, 0.5) is 0 Å². The second-order valence-corrected chi connectivity index (χ2v) is 9.21. The fourth-order valence-electron chi connectivity index (χ4n) is 2.94. The summed E-state index contributed by atoms with van der Waals surface area (Å²) >= 11 is 0. The summed E-state index contributed by atoms with van der Waals surface area (Å²) in [5.74, 6) is 1.57. The van der Waals surface area contributed by atoms with E-state index in [1.54, 1.807) is 36.4 Å². The maximum atomic E-state index is 12.3. The zero-order valence-corrected chi connectivity index (χ0v) is 20.9. The standard InChI is InChI=1S/C16H17NO5S.C8H18O2/c1-11-3-6-13(7-4-11)23(18,19)17-9-12-5-8-14-16(15(12)20-2)22-10-21-14;1-4-6-9-8(3)10-7-5-2/h3-8,17H,9-10H2,1-2H3;8H,4-7H2,1-3H3. The van der Waals surface area contributed by atoms with Crippen molar-refractivity contribution in [2.24, 2.45) is 0 Å². The van der Waals surface area contributed by atoms with Gasteiger partial charge in [-0.2, -0.15) is 0 Å². The smallest absolute Gasteiger partial charge is 0.240 e. The molecule has 0 amide bonds. The molecule has 9 heteroatoms. The molecule has 184 valence electrons. The SMILES string of the molecule is CCCOC(C)OCCC.COc1c(CNS(=O)(=O)c2ccc(C)cc2)ccc2c1OCO2. The molecule has 1 heterocycles. The fraction of sp³-hybridized carbons (Fsp3) is 0.500. The molecular formula is C24H35NO7S. The number of hydrogen-bond acceptors (Lipinski definition) is 7. The van der Waals surface area contributed by atoms with Crippen molar-refractivity contribution in [1.82, 2.24) is 4.72 Å². The lowest BCUT2D eigenvalue weighted by atomic mass is 10.2. The van der Waals surface area contributed by atoms with Crippen LogP contribution in [0.3, 0.4) is 0 Å². The third-order valence-corrected chi connectivity index (χ3v) is 6.09. The van der Waals surface area contributed by atoms with Crippen molar-refractivity contribution in [1.29, 1.82) is 0 Å². The Balaban J connectivity index is 0.000000328. The van der Waals surface area contributed by atoms with Gasteiger partial charge in [0, 0.05) is 25.3 Å². The summed E-state index contributed by atoms with van der Waals surface area (Å²) in [4.78, 5) is 0.225. The average Bonchev–Trinajstić information content (AvgIpc) is 3.29. The summed E-state index contributed by atoms with van der Waals surface area (Å²) in [6.45, 7) is 9.84. The van der Waals surface area contributed by atoms with Gasteiger partial charge in [0.25, 0.3) is 0 Å². The highest BCUT2D eigenvalue weighted by atomic mass is 32.2. The lowest BCUT2D eigenvalue weighted by Gasteiger charge is -2.12.